The Morgan fingerprint density at radius 3 is 1.10 bits per heavy atom. The summed E-state index contributed by atoms with van der Waals surface area (Å²) in [7, 11) is 0. The maximum Gasteiger partial charge on any atom is 0.160 e. The Morgan fingerprint density at radius 1 is 0.202 bits per heavy atom. The number of hydrogen-bond donors (Lipinski definition) is 0. The van der Waals surface area contributed by atoms with Crippen molar-refractivity contribution >= 4 is 126 Å². The third kappa shape index (κ3) is 11.3. The number of fused-ring (bicyclic) bond motifs is 12. The summed E-state index contributed by atoms with van der Waals surface area (Å²) in [6, 6.07) is 119. The van der Waals surface area contributed by atoms with Crippen molar-refractivity contribution in [3.05, 3.63) is 339 Å². The van der Waals surface area contributed by atoms with Gasteiger partial charge >= 0.3 is 0 Å². The molecule has 0 saturated carbocycles. The Labute approximate surface area is 614 Å². The monoisotopic (exact) mass is 1390 g/mol. The third-order valence-corrected chi connectivity index (χ3v) is 24.2. The van der Waals surface area contributed by atoms with Gasteiger partial charge in [0.15, 0.2) is 11.6 Å². The van der Waals surface area contributed by atoms with Crippen molar-refractivity contribution in [3.8, 4) is 124 Å². The SMILES string of the molecule is N#Cc1cccc(-c2cc(-c3cc(-c4ccc5sc6ccccc6c5c4)ccc3-c3ccc4sc5ccccc5c4c3)nc(-c3ccccc3)n2)c1.N#Cc1cccc(-c2cc(-c3cc(-c4cccc5c4sc4ccccc45)ccc3-c3cccc4c3sc3ccccc34)nc(-c3ccccc3)n2)c1. The van der Waals surface area contributed by atoms with Crippen molar-refractivity contribution < 1.29 is 0 Å². The van der Waals surface area contributed by atoms with Crippen LogP contribution in [0, 0.1) is 22.7 Å². The second kappa shape index (κ2) is 26.2. The maximum atomic E-state index is 9.75. The molecule has 10 heteroatoms. The second-order valence-corrected chi connectivity index (χ2v) is 30.0. The smallest absolute Gasteiger partial charge is 0.160 e. The van der Waals surface area contributed by atoms with Gasteiger partial charge in [-0.05, 0) is 136 Å². The predicted molar refractivity (Wildman–Crippen MR) is 439 cm³/mol. The van der Waals surface area contributed by atoms with Crippen molar-refractivity contribution in [3.63, 3.8) is 0 Å². The average molecular weight is 1400 g/mol. The van der Waals surface area contributed by atoms with Crippen molar-refractivity contribution in [1.29, 1.82) is 10.5 Å². The molecule has 0 atom stereocenters. The molecular weight excluding hydrogens is 1340 g/mol. The minimum absolute atomic E-state index is 0.592. The third-order valence-electron chi connectivity index (χ3n) is 19.5. The summed E-state index contributed by atoms with van der Waals surface area (Å²) in [6.45, 7) is 0. The molecule has 0 spiro atoms. The molecule has 0 unspecified atom stereocenters. The predicted octanol–water partition coefficient (Wildman–Crippen LogP) is 26.8. The summed E-state index contributed by atoms with van der Waals surface area (Å²) in [5, 5.41) is 29.6. The lowest BCUT2D eigenvalue weighted by Crippen LogP contribution is -1.98. The first-order valence-electron chi connectivity index (χ1n) is 34.2. The van der Waals surface area contributed by atoms with E-state index in [-0.39, 0.29) is 0 Å². The molecule has 0 aliphatic heterocycles. The summed E-state index contributed by atoms with van der Waals surface area (Å²) in [6.07, 6.45) is 0. The highest BCUT2D eigenvalue weighted by atomic mass is 32.1. The number of rotatable bonds is 10. The van der Waals surface area contributed by atoms with E-state index >= 15 is 0 Å². The van der Waals surface area contributed by atoms with Gasteiger partial charge in [-0.1, -0.05) is 231 Å². The zero-order valence-electron chi connectivity index (χ0n) is 55.5. The highest BCUT2D eigenvalue weighted by Gasteiger charge is 2.22. The van der Waals surface area contributed by atoms with Crippen molar-refractivity contribution in [2.24, 2.45) is 0 Å². The summed E-state index contributed by atoms with van der Waals surface area (Å²) in [4.78, 5) is 20.7. The van der Waals surface area contributed by atoms with Gasteiger partial charge < -0.3 is 0 Å². The Kier molecular flexibility index (Phi) is 15.7. The van der Waals surface area contributed by atoms with E-state index in [1.165, 1.54) is 91.8 Å². The first kappa shape index (κ1) is 62.1. The van der Waals surface area contributed by atoms with E-state index in [1.54, 1.807) is 0 Å². The van der Waals surface area contributed by atoms with Crippen LogP contribution in [0.4, 0.5) is 0 Å². The van der Waals surface area contributed by atoms with E-state index in [4.69, 9.17) is 19.9 Å². The van der Waals surface area contributed by atoms with Crippen LogP contribution in [0.3, 0.4) is 0 Å². The Morgan fingerprint density at radius 2 is 0.558 bits per heavy atom. The number of aromatic nitrogens is 4. The van der Waals surface area contributed by atoms with Crippen LogP contribution in [0.1, 0.15) is 11.1 Å². The maximum absolute atomic E-state index is 9.75. The van der Waals surface area contributed by atoms with E-state index in [9.17, 15) is 10.5 Å². The van der Waals surface area contributed by atoms with Crippen molar-refractivity contribution in [2.45, 2.75) is 0 Å². The molecule has 0 bridgehead atoms. The summed E-state index contributed by atoms with van der Waals surface area (Å²) < 4.78 is 10.2. The zero-order chi connectivity index (χ0) is 69.2. The fraction of sp³-hybridized carbons (Fsp3) is 0. The van der Waals surface area contributed by atoms with Crippen LogP contribution in [0.5, 0.6) is 0 Å². The number of nitrogens with zero attached hydrogens (tertiary/aromatic N) is 6. The standard InChI is InChI=1S/2C47H27N3S2/c48-28-29-11-8-14-32(25-29)41-27-42(50-47(49-41)30-12-2-1-3-13-30)40-26-31(33-17-9-19-38-35-15-4-6-21-43(35)51-45(33)38)23-24-34(40)37-18-10-20-39-36-16-5-7-22-44(36)52-46(37)39;48-28-29-9-8-12-34(23-29)41-27-42(50-47(49-41)30-10-2-1-3-11-30)38-24-31(32-18-21-45-39(25-32)36-13-4-6-15-43(36)51-45)17-20-35(38)33-19-22-46-40(26-33)37-14-5-7-16-44(37)52-46/h2*1-27H. The molecule has 0 aliphatic carbocycles. The molecule has 14 aromatic carbocycles. The Balaban J connectivity index is 0.000000143. The molecule has 0 saturated heterocycles. The van der Waals surface area contributed by atoms with E-state index in [0.29, 0.717) is 22.8 Å². The second-order valence-electron chi connectivity index (χ2n) is 25.7. The highest BCUT2D eigenvalue weighted by Crippen LogP contribution is 2.48. The zero-order valence-corrected chi connectivity index (χ0v) is 58.8. The van der Waals surface area contributed by atoms with Crippen LogP contribution in [0.25, 0.3) is 193 Å². The van der Waals surface area contributed by atoms with Gasteiger partial charge in [-0.2, -0.15) is 10.5 Å². The van der Waals surface area contributed by atoms with E-state index < -0.39 is 0 Å². The number of hydrogen-bond acceptors (Lipinski definition) is 10. The normalized spacial score (nSPS) is 11.4. The summed E-state index contributed by atoms with van der Waals surface area (Å²) in [5.41, 5.74) is 19.1. The van der Waals surface area contributed by atoms with Crippen LogP contribution < -0.4 is 0 Å². The largest absolute Gasteiger partial charge is 0.228 e. The van der Waals surface area contributed by atoms with Gasteiger partial charge in [0.05, 0.1) is 46.0 Å². The molecule has 6 aromatic heterocycles. The first-order chi connectivity index (χ1) is 51.4. The summed E-state index contributed by atoms with van der Waals surface area (Å²) in [5.74, 6) is 1.27. The van der Waals surface area contributed by atoms with Gasteiger partial charge in [0.2, 0.25) is 0 Å². The molecule has 484 valence electrons. The minimum Gasteiger partial charge on any atom is -0.228 e. The first-order valence-corrected chi connectivity index (χ1v) is 37.5. The summed E-state index contributed by atoms with van der Waals surface area (Å²) >= 11 is 7.34. The Hall–Kier alpha value is -12.9. The molecule has 20 rings (SSSR count). The molecule has 0 aliphatic rings. The van der Waals surface area contributed by atoms with Crippen LogP contribution in [0.2, 0.25) is 0 Å². The van der Waals surface area contributed by atoms with Gasteiger partial charge in [-0.3, -0.25) is 0 Å². The van der Waals surface area contributed by atoms with Gasteiger partial charge in [0.25, 0.3) is 0 Å². The minimum atomic E-state index is 0.592. The van der Waals surface area contributed by atoms with E-state index in [1.807, 2.05) is 155 Å². The van der Waals surface area contributed by atoms with Crippen LogP contribution in [0.15, 0.2) is 328 Å². The molecule has 20 aromatic rings. The number of thiophene rings is 4. The Bertz CT molecular complexity index is 6910. The lowest BCUT2D eigenvalue weighted by atomic mass is 9.91. The molecule has 0 fully saturated rings. The van der Waals surface area contributed by atoms with Crippen molar-refractivity contribution in [2.75, 3.05) is 0 Å². The van der Waals surface area contributed by atoms with Gasteiger partial charge in [0, 0.05) is 120 Å². The van der Waals surface area contributed by atoms with Gasteiger partial charge in [-0.15, -0.1) is 45.3 Å². The van der Waals surface area contributed by atoms with Gasteiger partial charge in [-0.25, -0.2) is 19.9 Å². The molecule has 6 heterocycles. The quantitative estimate of drug-likeness (QED) is 0.135. The number of nitriles is 2. The molecule has 104 heavy (non-hydrogen) atoms. The van der Waals surface area contributed by atoms with Gasteiger partial charge in [0.1, 0.15) is 0 Å². The van der Waals surface area contributed by atoms with Crippen LogP contribution >= 0.6 is 45.3 Å². The van der Waals surface area contributed by atoms with Crippen LogP contribution in [-0.4, -0.2) is 19.9 Å². The molecule has 0 N–H and O–H groups in total. The average Bonchev–Trinajstić information content (AvgIpc) is 1.70. The lowest BCUT2D eigenvalue weighted by Gasteiger charge is -2.16. The topological polar surface area (TPSA) is 99.1 Å². The fourth-order valence-corrected chi connectivity index (χ4v) is 19.1. The van der Waals surface area contributed by atoms with E-state index in [2.05, 4.69) is 231 Å². The molecule has 0 amide bonds. The van der Waals surface area contributed by atoms with Crippen LogP contribution in [-0.2, 0) is 0 Å². The van der Waals surface area contributed by atoms with E-state index in [0.717, 1.165) is 89.5 Å². The lowest BCUT2D eigenvalue weighted by molar-refractivity contribution is 1.18. The molecule has 6 nitrogen and oxygen atoms in total. The van der Waals surface area contributed by atoms with Crippen molar-refractivity contribution in [1.82, 2.24) is 19.9 Å². The fourth-order valence-electron chi connectivity index (χ4n) is 14.5. The highest BCUT2D eigenvalue weighted by molar-refractivity contribution is 7.27. The molecular formula is C94H54N6S4. The number of benzene rings is 14. The molecule has 0 radical (unpaired) electrons.